The predicted molar refractivity (Wildman–Crippen MR) is 61.8 cm³/mol. The van der Waals surface area contributed by atoms with Gasteiger partial charge in [0.2, 0.25) is 5.91 Å². The smallest absolute Gasteiger partial charge is 0.237 e. The number of carboxylic acids is 1. The third kappa shape index (κ3) is 7.99. The number of aliphatic hydroxyl groups excluding tert-OH is 1. The van der Waals surface area contributed by atoms with Crippen LogP contribution < -0.4 is 16.4 Å². The maximum atomic E-state index is 11.4. The number of carboxylic acid groups (broad SMARTS) is 1. The van der Waals surface area contributed by atoms with Crippen molar-refractivity contribution in [1.82, 2.24) is 5.43 Å². The fraction of sp³-hybridized carbons (Fsp3) is 0.818. The molecular weight excluding hydrogens is 240 g/mol. The van der Waals surface area contributed by atoms with Crippen LogP contribution in [0.4, 0.5) is 0 Å². The van der Waals surface area contributed by atoms with E-state index >= 15 is 0 Å². The second kappa shape index (κ2) is 8.84. The largest absolute Gasteiger partial charge is 0.550 e. The Morgan fingerprint density at radius 2 is 2.06 bits per heavy atom. The van der Waals surface area contributed by atoms with Gasteiger partial charge in [-0.3, -0.25) is 10.2 Å². The Morgan fingerprint density at radius 1 is 1.44 bits per heavy atom. The minimum absolute atomic E-state index is 0.0235. The van der Waals surface area contributed by atoms with Crippen LogP contribution in [-0.4, -0.2) is 35.8 Å². The zero-order valence-electron chi connectivity index (χ0n) is 10.7. The summed E-state index contributed by atoms with van der Waals surface area (Å²) in [5.74, 6) is 2.60. The lowest BCUT2D eigenvalue weighted by molar-refractivity contribution is -0.305. The lowest BCUT2D eigenvalue weighted by Gasteiger charge is -2.20. The van der Waals surface area contributed by atoms with Crippen molar-refractivity contribution in [1.29, 1.82) is 0 Å². The Kier molecular flexibility index (Phi) is 8.27. The van der Waals surface area contributed by atoms with Gasteiger partial charge < -0.3 is 19.7 Å². The number of aliphatic hydroxyl groups is 1. The molecule has 0 fully saturated rings. The van der Waals surface area contributed by atoms with E-state index in [1.807, 2.05) is 19.3 Å². The lowest BCUT2D eigenvalue weighted by atomic mass is 9.95. The molecular formula is C11H21N2O5-. The van der Waals surface area contributed by atoms with E-state index in [-0.39, 0.29) is 32.0 Å². The SMILES string of the molecule is CC(C)OC[C@H](O)C[C@H](CCC(=O)[O-])C(=O)NN. The van der Waals surface area contributed by atoms with Crippen molar-refractivity contribution in [2.75, 3.05) is 6.61 Å². The van der Waals surface area contributed by atoms with Crippen molar-refractivity contribution in [2.24, 2.45) is 11.8 Å². The van der Waals surface area contributed by atoms with Crippen LogP contribution in [0.5, 0.6) is 0 Å². The topological polar surface area (TPSA) is 125 Å². The molecule has 0 saturated heterocycles. The van der Waals surface area contributed by atoms with Crippen LogP contribution in [0.15, 0.2) is 0 Å². The average Bonchev–Trinajstić information content (AvgIpc) is 2.30. The summed E-state index contributed by atoms with van der Waals surface area (Å²) < 4.78 is 5.20. The molecule has 0 rings (SSSR count). The van der Waals surface area contributed by atoms with Gasteiger partial charge in [-0.2, -0.15) is 0 Å². The third-order valence-electron chi connectivity index (χ3n) is 2.39. The molecule has 106 valence electrons. The van der Waals surface area contributed by atoms with Gasteiger partial charge >= 0.3 is 0 Å². The number of aliphatic carboxylic acids is 1. The summed E-state index contributed by atoms with van der Waals surface area (Å²) in [6.45, 7) is 3.75. The highest BCUT2D eigenvalue weighted by atomic mass is 16.5. The maximum Gasteiger partial charge on any atom is 0.237 e. The van der Waals surface area contributed by atoms with Gasteiger partial charge in [0.05, 0.1) is 18.8 Å². The second-order valence-corrected chi connectivity index (χ2v) is 4.39. The summed E-state index contributed by atoms with van der Waals surface area (Å²) >= 11 is 0. The standard InChI is InChI=1S/C11H22N2O5/c1-7(2)18-6-9(14)5-8(11(17)13-12)3-4-10(15)16/h7-9,14H,3-6,12H2,1-2H3,(H,13,17)(H,15,16)/p-1/t8-,9+/m0/s1. The third-order valence-corrected chi connectivity index (χ3v) is 2.39. The zero-order chi connectivity index (χ0) is 14.1. The molecule has 0 aromatic rings. The highest BCUT2D eigenvalue weighted by Gasteiger charge is 2.21. The molecule has 0 bridgehead atoms. The van der Waals surface area contributed by atoms with Gasteiger partial charge in [0.1, 0.15) is 0 Å². The molecule has 0 aromatic heterocycles. The number of hydrogen-bond acceptors (Lipinski definition) is 6. The molecule has 0 aliphatic carbocycles. The average molecular weight is 261 g/mol. The normalized spacial score (nSPS) is 14.3. The number of nitrogens with one attached hydrogen (secondary N) is 1. The lowest BCUT2D eigenvalue weighted by Crippen LogP contribution is -2.38. The number of ether oxygens (including phenoxy) is 1. The highest BCUT2D eigenvalue weighted by Crippen LogP contribution is 2.14. The minimum Gasteiger partial charge on any atom is -0.550 e. The van der Waals surface area contributed by atoms with Crippen LogP contribution in [0.25, 0.3) is 0 Å². The van der Waals surface area contributed by atoms with Crippen LogP contribution in [0, 0.1) is 5.92 Å². The van der Waals surface area contributed by atoms with Gasteiger partial charge in [-0.25, -0.2) is 5.84 Å². The van der Waals surface area contributed by atoms with E-state index in [1.165, 1.54) is 0 Å². The number of nitrogens with two attached hydrogens (primary N) is 1. The second-order valence-electron chi connectivity index (χ2n) is 4.39. The molecule has 2 atom stereocenters. The molecule has 0 aliphatic rings. The maximum absolute atomic E-state index is 11.4. The highest BCUT2D eigenvalue weighted by molar-refractivity contribution is 5.78. The molecule has 0 spiro atoms. The molecule has 4 N–H and O–H groups in total. The van der Waals surface area contributed by atoms with Crippen molar-refractivity contribution in [3.63, 3.8) is 0 Å². The molecule has 1 amide bonds. The van der Waals surface area contributed by atoms with Crippen molar-refractivity contribution in [3.05, 3.63) is 0 Å². The number of rotatable bonds is 9. The number of carbonyl (C=O) groups is 2. The first-order valence-electron chi connectivity index (χ1n) is 5.86. The Balaban J connectivity index is 4.21. The summed E-state index contributed by atoms with van der Waals surface area (Å²) in [7, 11) is 0. The van der Waals surface area contributed by atoms with Gasteiger partial charge in [0.15, 0.2) is 0 Å². The zero-order valence-corrected chi connectivity index (χ0v) is 10.7. The Bertz CT molecular complexity index is 270. The molecule has 7 nitrogen and oxygen atoms in total. The van der Waals surface area contributed by atoms with Crippen molar-refractivity contribution in [2.45, 2.75) is 45.3 Å². The molecule has 0 aromatic carbocycles. The van der Waals surface area contributed by atoms with E-state index in [0.717, 1.165) is 0 Å². The molecule has 0 aliphatic heterocycles. The fourth-order valence-electron chi connectivity index (χ4n) is 1.47. The quantitative estimate of drug-likeness (QED) is 0.258. The van der Waals surface area contributed by atoms with E-state index < -0.39 is 23.9 Å². The molecule has 18 heavy (non-hydrogen) atoms. The van der Waals surface area contributed by atoms with Crippen molar-refractivity contribution < 1.29 is 24.5 Å². The van der Waals surface area contributed by atoms with E-state index in [9.17, 15) is 19.8 Å². The first kappa shape index (κ1) is 16.8. The summed E-state index contributed by atoms with van der Waals surface area (Å²) in [4.78, 5) is 21.8. The molecule has 0 radical (unpaired) electrons. The first-order chi connectivity index (χ1) is 8.36. The molecule has 0 heterocycles. The van der Waals surface area contributed by atoms with Gasteiger partial charge in [0.25, 0.3) is 0 Å². The van der Waals surface area contributed by atoms with Gasteiger partial charge in [-0.05, 0) is 33.1 Å². The van der Waals surface area contributed by atoms with Gasteiger partial charge in [-0.15, -0.1) is 0 Å². The van der Waals surface area contributed by atoms with Gasteiger partial charge in [0, 0.05) is 11.9 Å². The summed E-state index contributed by atoms with van der Waals surface area (Å²) in [6.07, 6.45) is -0.940. The van der Waals surface area contributed by atoms with E-state index in [4.69, 9.17) is 10.6 Å². The van der Waals surface area contributed by atoms with Gasteiger partial charge in [-0.1, -0.05) is 0 Å². The van der Waals surface area contributed by atoms with Crippen LogP contribution in [-0.2, 0) is 14.3 Å². The predicted octanol–water partition coefficient (Wildman–Crippen LogP) is -1.70. The molecule has 0 unspecified atom stereocenters. The number of hydrogen-bond donors (Lipinski definition) is 3. The van der Waals surface area contributed by atoms with E-state index in [0.29, 0.717) is 0 Å². The van der Waals surface area contributed by atoms with Crippen molar-refractivity contribution in [3.8, 4) is 0 Å². The van der Waals surface area contributed by atoms with E-state index in [1.54, 1.807) is 0 Å². The number of carbonyl (C=O) groups excluding carboxylic acids is 2. The monoisotopic (exact) mass is 261 g/mol. The van der Waals surface area contributed by atoms with E-state index in [2.05, 4.69) is 0 Å². The summed E-state index contributed by atoms with van der Waals surface area (Å²) in [5.41, 5.74) is 1.95. The number of hydrazine groups is 1. The minimum atomic E-state index is -1.24. The van der Waals surface area contributed by atoms with Crippen LogP contribution in [0.1, 0.15) is 33.1 Å². The summed E-state index contributed by atoms with van der Waals surface area (Å²) in [6, 6.07) is 0. The van der Waals surface area contributed by atoms with Crippen molar-refractivity contribution >= 4 is 11.9 Å². The fourth-order valence-corrected chi connectivity index (χ4v) is 1.47. The Labute approximate surface area is 106 Å². The molecule has 0 saturated carbocycles. The summed E-state index contributed by atoms with van der Waals surface area (Å²) in [5, 5.41) is 20.0. The van der Waals surface area contributed by atoms with Crippen LogP contribution in [0.2, 0.25) is 0 Å². The first-order valence-corrected chi connectivity index (χ1v) is 5.86. The Hall–Kier alpha value is -1.18. The van der Waals surface area contributed by atoms with Crippen LogP contribution >= 0.6 is 0 Å². The number of amides is 1. The van der Waals surface area contributed by atoms with Crippen LogP contribution in [0.3, 0.4) is 0 Å². The molecule has 7 heteroatoms. The Morgan fingerprint density at radius 3 is 2.50 bits per heavy atom.